The molecule has 1 N–H and O–H groups in total. The minimum absolute atomic E-state index is 0.150. The van der Waals surface area contributed by atoms with Gasteiger partial charge in [0, 0.05) is 17.5 Å². The maximum atomic E-state index is 14.0. The summed E-state index contributed by atoms with van der Waals surface area (Å²) in [5, 5.41) is 2.80. The lowest BCUT2D eigenvalue weighted by Gasteiger charge is -2.45. The Kier molecular flexibility index (Phi) is 6.04. The summed E-state index contributed by atoms with van der Waals surface area (Å²) in [6, 6.07) is 28.1. The van der Waals surface area contributed by atoms with Crippen LogP contribution in [0.5, 0.6) is 0 Å². The van der Waals surface area contributed by atoms with Crippen LogP contribution in [-0.2, 0) is 19.1 Å². The van der Waals surface area contributed by atoms with E-state index in [1.807, 2.05) is 56.3 Å². The number of aryl methyl sites for hydroxylation is 2. The topological polar surface area (TPSA) is 92.8 Å². The zero-order valence-corrected chi connectivity index (χ0v) is 23.2. The molecule has 4 aliphatic rings. The fourth-order valence-corrected chi connectivity index (χ4v) is 7.11. The molecule has 0 unspecified atom stereocenters. The molecule has 0 radical (unpaired) electrons. The molecule has 0 aromatic heterocycles. The van der Waals surface area contributed by atoms with Crippen LogP contribution in [0.4, 0.5) is 11.4 Å². The fourth-order valence-electron chi connectivity index (χ4n) is 7.11. The van der Waals surface area contributed by atoms with Crippen molar-refractivity contribution in [1.82, 2.24) is 0 Å². The van der Waals surface area contributed by atoms with Gasteiger partial charge in [-0.05, 0) is 65.4 Å². The average molecular weight is 557 g/mol. The van der Waals surface area contributed by atoms with Crippen LogP contribution < -0.4 is 10.2 Å². The van der Waals surface area contributed by atoms with E-state index < -0.39 is 30.3 Å². The maximum Gasteiger partial charge on any atom is 0.338 e. The second kappa shape index (κ2) is 9.80. The monoisotopic (exact) mass is 556 g/mol. The number of ether oxygens (including phenoxy) is 1. The number of nitrogens with zero attached hydrogens (tertiary/aromatic N) is 1. The Morgan fingerprint density at radius 3 is 1.74 bits per heavy atom. The smallest absolute Gasteiger partial charge is 0.338 e. The molecule has 4 aromatic rings. The van der Waals surface area contributed by atoms with Crippen LogP contribution in [0.1, 0.15) is 55.6 Å². The van der Waals surface area contributed by atoms with Gasteiger partial charge in [-0.1, -0.05) is 72.8 Å². The number of carbonyl (C=O) groups is 4. The van der Waals surface area contributed by atoms with Gasteiger partial charge in [0.15, 0.2) is 6.61 Å². The van der Waals surface area contributed by atoms with Gasteiger partial charge in [0.1, 0.15) is 0 Å². The van der Waals surface area contributed by atoms with Gasteiger partial charge in [-0.25, -0.2) is 9.69 Å². The quantitative estimate of drug-likeness (QED) is 0.259. The average Bonchev–Trinajstić information content (AvgIpc) is 3.28. The summed E-state index contributed by atoms with van der Waals surface area (Å²) in [7, 11) is 0. The molecule has 3 amide bonds. The first-order valence-corrected chi connectivity index (χ1v) is 14.0. The van der Waals surface area contributed by atoms with Gasteiger partial charge in [0.25, 0.3) is 5.91 Å². The van der Waals surface area contributed by atoms with Gasteiger partial charge in [-0.2, -0.15) is 0 Å². The second-order valence-corrected chi connectivity index (χ2v) is 11.2. The first-order chi connectivity index (χ1) is 20.3. The van der Waals surface area contributed by atoms with Gasteiger partial charge in [-0.3, -0.25) is 14.4 Å². The van der Waals surface area contributed by atoms with Gasteiger partial charge >= 0.3 is 5.97 Å². The number of nitrogens with one attached hydrogen (secondary N) is 1. The number of carbonyl (C=O) groups excluding carboxylic acids is 4. The number of amides is 3. The lowest BCUT2D eigenvalue weighted by Crippen LogP contribution is -2.41. The molecule has 3 aliphatic carbocycles. The van der Waals surface area contributed by atoms with E-state index in [4.69, 9.17) is 4.74 Å². The second-order valence-electron chi connectivity index (χ2n) is 11.2. The maximum absolute atomic E-state index is 14.0. The molecule has 1 heterocycles. The summed E-state index contributed by atoms with van der Waals surface area (Å²) in [6.45, 7) is 3.31. The predicted octanol–water partition coefficient (Wildman–Crippen LogP) is 5.50. The van der Waals surface area contributed by atoms with Crippen molar-refractivity contribution in [2.45, 2.75) is 25.7 Å². The molecule has 1 aliphatic heterocycles. The molecule has 0 spiro atoms. The van der Waals surface area contributed by atoms with Crippen molar-refractivity contribution in [2.24, 2.45) is 11.8 Å². The highest BCUT2D eigenvalue weighted by molar-refractivity contribution is 6.23. The van der Waals surface area contributed by atoms with E-state index in [1.165, 1.54) is 11.0 Å². The molecule has 42 heavy (non-hydrogen) atoms. The SMILES string of the molecule is Cc1cccc(C)c1NC(=O)COC(=O)c1cccc(N2C(=O)[C@H]3C4c5ccccc5C(c5ccccc54)[C@@H]3C2=O)c1. The number of hydrogen-bond donors (Lipinski definition) is 1. The van der Waals surface area contributed by atoms with Crippen LogP contribution in [0.3, 0.4) is 0 Å². The predicted molar refractivity (Wildman–Crippen MR) is 157 cm³/mol. The molecule has 8 rings (SSSR count). The van der Waals surface area contributed by atoms with E-state index in [9.17, 15) is 19.2 Å². The molecular formula is C35H28N2O5. The Balaban J connectivity index is 1.13. The van der Waals surface area contributed by atoms with Crippen LogP contribution in [0.25, 0.3) is 0 Å². The number of anilines is 2. The highest BCUT2D eigenvalue weighted by Gasteiger charge is 2.61. The van der Waals surface area contributed by atoms with Crippen LogP contribution in [-0.4, -0.2) is 30.3 Å². The van der Waals surface area contributed by atoms with Crippen LogP contribution >= 0.6 is 0 Å². The molecule has 2 atom stereocenters. The number of benzene rings is 4. The van der Waals surface area contributed by atoms with E-state index in [0.29, 0.717) is 11.4 Å². The minimum Gasteiger partial charge on any atom is -0.452 e. The number of hydrogen-bond acceptors (Lipinski definition) is 5. The molecule has 7 nitrogen and oxygen atoms in total. The first kappa shape index (κ1) is 25.9. The van der Waals surface area contributed by atoms with Crippen molar-refractivity contribution in [2.75, 3.05) is 16.8 Å². The molecule has 2 bridgehead atoms. The van der Waals surface area contributed by atoms with Gasteiger partial charge in [0.2, 0.25) is 11.8 Å². The van der Waals surface area contributed by atoms with Crippen molar-refractivity contribution in [3.05, 3.63) is 130 Å². The summed E-state index contributed by atoms with van der Waals surface area (Å²) < 4.78 is 5.30. The molecule has 1 fully saturated rings. The number of rotatable bonds is 5. The summed E-state index contributed by atoms with van der Waals surface area (Å²) in [6.07, 6.45) is 0. The zero-order chi connectivity index (χ0) is 29.1. The van der Waals surface area contributed by atoms with E-state index in [1.54, 1.807) is 18.2 Å². The number of esters is 1. The highest BCUT2D eigenvalue weighted by Crippen LogP contribution is 2.61. The van der Waals surface area contributed by atoms with Gasteiger partial charge in [0.05, 0.1) is 23.1 Å². The standard InChI is InChI=1S/C35H28N2O5/c1-19-9-7-10-20(2)32(19)36-27(38)18-42-35(41)21-11-8-12-22(17-21)37-33(39)30-28-23-13-3-4-14-24(23)29(31(30)34(37)40)26-16-6-5-15-25(26)28/h3-17,28-31H,18H2,1-2H3,(H,36,38)/t28?,29?,30-,31-/m0/s1. The fraction of sp³-hybridized carbons (Fsp3) is 0.200. The lowest BCUT2D eigenvalue weighted by molar-refractivity contribution is -0.122. The third-order valence-corrected chi connectivity index (χ3v) is 8.87. The summed E-state index contributed by atoms with van der Waals surface area (Å²) in [5.74, 6) is -3.15. The van der Waals surface area contributed by atoms with Crippen molar-refractivity contribution < 1.29 is 23.9 Å². The first-order valence-electron chi connectivity index (χ1n) is 14.0. The molecule has 1 saturated heterocycles. The van der Waals surface area contributed by atoms with Gasteiger partial charge < -0.3 is 10.1 Å². The van der Waals surface area contributed by atoms with Crippen molar-refractivity contribution in [1.29, 1.82) is 0 Å². The Morgan fingerprint density at radius 1 is 0.714 bits per heavy atom. The van der Waals surface area contributed by atoms with Gasteiger partial charge in [-0.15, -0.1) is 0 Å². The largest absolute Gasteiger partial charge is 0.452 e. The van der Waals surface area contributed by atoms with Crippen molar-refractivity contribution in [3.63, 3.8) is 0 Å². The lowest BCUT2D eigenvalue weighted by atomic mass is 9.55. The third kappa shape index (κ3) is 3.88. The minimum atomic E-state index is -0.718. The van der Waals surface area contributed by atoms with Crippen LogP contribution in [0, 0.1) is 25.7 Å². The molecular weight excluding hydrogens is 528 g/mol. The third-order valence-electron chi connectivity index (χ3n) is 8.87. The molecule has 0 saturated carbocycles. The Morgan fingerprint density at radius 2 is 1.21 bits per heavy atom. The van der Waals surface area contributed by atoms with E-state index >= 15 is 0 Å². The Bertz CT molecular complexity index is 1680. The van der Waals surface area contributed by atoms with Crippen LogP contribution in [0.15, 0.2) is 91.0 Å². The van der Waals surface area contributed by atoms with E-state index in [0.717, 1.165) is 33.4 Å². The van der Waals surface area contributed by atoms with Crippen molar-refractivity contribution >= 4 is 35.1 Å². The van der Waals surface area contributed by atoms with Crippen LogP contribution in [0.2, 0.25) is 0 Å². The van der Waals surface area contributed by atoms with E-state index in [-0.39, 0.29) is 29.2 Å². The summed E-state index contributed by atoms with van der Waals surface area (Å²) >= 11 is 0. The Hall–Kier alpha value is -5.04. The summed E-state index contributed by atoms with van der Waals surface area (Å²) in [5.41, 5.74) is 7.36. The highest BCUT2D eigenvalue weighted by atomic mass is 16.5. The number of para-hydroxylation sites is 1. The zero-order valence-electron chi connectivity index (χ0n) is 23.2. The molecule has 4 aromatic carbocycles. The summed E-state index contributed by atoms with van der Waals surface area (Å²) in [4.78, 5) is 54.7. The van der Waals surface area contributed by atoms with E-state index in [2.05, 4.69) is 29.6 Å². The van der Waals surface area contributed by atoms with Crippen molar-refractivity contribution in [3.8, 4) is 0 Å². The molecule has 208 valence electrons. The molecule has 7 heteroatoms. The normalized spacial score (nSPS) is 21.4. The number of imide groups is 1. The Labute approximate surface area is 243 Å².